The van der Waals surface area contributed by atoms with E-state index in [2.05, 4.69) is 54.8 Å². The summed E-state index contributed by atoms with van der Waals surface area (Å²) in [5.74, 6) is -0.892. The van der Waals surface area contributed by atoms with E-state index < -0.39 is 5.97 Å². The molecule has 128 valence electrons. The minimum absolute atomic E-state index is 0.267. The van der Waals surface area contributed by atoms with Gasteiger partial charge in [0.2, 0.25) is 0 Å². The fourth-order valence-corrected chi connectivity index (χ4v) is 3.00. The number of thioether (sulfide) groups is 1. The number of benzene rings is 2. The second kappa shape index (κ2) is 8.87. The SMILES string of the molecule is CSc1ccc(C(CNCc2cccc(C(=O)O)c2)N(C)C)cc1. The van der Waals surface area contributed by atoms with Gasteiger partial charge in [-0.05, 0) is 55.7 Å². The van der Waals surface area contributed by atoms with Crippen molar-refractivity contribution in [3.05, 3.63) is 65.2 Å². The molecule has 2 N–H and O–H groups in total. The zero-order valence-electron chi connectivity index (χ0n) is 14.3. The molecular formula is C19H24N2O2S. The van der Waals surface area contributed by atoms with Gasteiger partial charge in [0.15, 0.2) is 0 Å². The van der Waals surface area contributed by atoms with E-state index in [0.717, 1.165) is 12.1 Å². The van der Waals surface area contributed by atoms with E-state index in [-0.39, 0.29) is 6.04 Å². The molecule has 24 heavy (non-hydrogen) atoms. The lowest BCUT2D eigenvalue weighted by atomic mass is 10.1. The Morgan fingerprint density at radius 3 is 2.50 bits per heavy atom. The largest absolute Gasteiger partial charge is 0.478 e. The van der Waals surface area contributed by atoms with Gasteiger partial charge in [0.05, 0.1) is 5.56 Å². The first-order valence-electron chi connectivity index (χ1n) is 7.84. The summed E-state index contributed by atoms with van der Waals surface area (Å²) in [5.41, 5.74) is 2.57. The van der Waals surface area contributed by atoms with Gasteiger partial charge in [-0.15, -0.1) is 11.8 Å². The van der Waals surface area contributed by atoms with Crippen LogP contribution in [0.5, 0.6) is 0 Å². The number of rotatable bonds is 8. The summed E-state index contributed by atoms with van der Waals surface area (Å²) in [7, 11) is 4.14. The van der Waals surface area contributed by atoms with Gasteiger partial charge in [0, 0.05) is 24.0 Å². The highest BCUT2D eigenvalue weighted by molar-refractivity contribution is 7.98. The number of carboxylic acid groups (broad SMARTS) is 1. The Morgan fingerprint density at radius 1 is 1.21 bits per heavy atom. The van der Waals surface area contributed by atoms with Crippen LogP contribution in [-0.2, 0) is 6.54 Å². The van der Waals surface area contributed by atoms with Crippen molar-refractivity contribution >= 4 is 17.7 Å². The monoisotopic (exact) mass is 344 g/mol. The second-order valence-corrected chi connectivity index (χ2v) is 6.77. The first kappa shape index (κ1) is 18.5. The normalized spacial score (nSPS) is 12.3. The summed E-state index contributed by atoms with van der Waals surface area (Å²) < 4.78 is 0. The summed E-state index contributed by atoms with van der Waals surface area (Å²) >= 11 is 1.74. The van der Waals surface area contributed by atoms with Crippen LogP contribution in [0.2, 0.25) is 0 Å². The number of likely N-dealkylation sites (N-methyl/N-ethyl adjacent to an activating group) is 1. The van der Waals surface area contributed by atoms with Crippen molar-refractivity contribution in [2.24, 2.45) is 0 Å². The van der Waals surface area contributed by atoms with E-state index in [0.29, 0.717) is 12.1 Å². The molecular weight excluding hydrogens is 320 g/mol. The molecule has 0 heterocycles. The van der Waals surface area contributed by atoms with Gasteiger partial charge < -0.3 is 15.3 Å². The van der Waals surface area contributed by atoms with Crippen molar-refractivity contribution < 1.29 is 9.90 Å². The Hall–Kier alpha value is -1.82. The average molecular weight is 344 g/mol. The van der Waals surface area contributed by atoms with Gasteiger partial charge in [-0.25, -0.2) is 4.79 Å². The van der Waals surface area contributed by atoms with Gasteiger partial charge in [0.1, 0.15) is 0 Å². The maximum absolute atomic E-state index is 11.0. The highest BCUT2D eigenvalue weighted by Crippen LogP contribution is 2.21. The molecule has 2 rings (SSSR count). The molecule has 5 heteroatoms. The molecule has 0 aromatic heterocycles. The Kier molecular flexibility index (Phi) is 6.85. The van der Waals surface area contributed by atoms with Crippen LogP contribution in [0.1, 0.15) is 27.5 Å². The van der Waals surface area contributed by atoms with Crippen LogP contribution in [-0.4, -0.2) is 42.9 Å². The van der Waals surface area contributed by atoms with Gasteiger partial charge in [-0.1, -0.05) is 24.3 Å². The van der Waals surface area contributed by atoms with Crippen LogP contribution in [0, 0.1) is 0 Å². The maximum Gasteiger partial charge on any atom is 0.335 e. The smallest absolute Gasteiger partial charge is 0.335 e. The lowest BCUT2D eigenvalue weighted by Gasteiger charge is -2.25. The molecule has 4 nitrogen and oxygen atoms in total. The molecule has 0 aliphatic heterocycles. The maximum atomic E-state index is 11.0. The summed E-state index contributed by atoms with van der Waals surface area (Å²) in [5, 5.41) is 12.5. The highest BCUT2D eigenvalue weighted by Gasteiger charge is 2.13. The minimum Gasteiger partial charge on any atom is -0.478 e. The number of hydrogen-bond donors (Lipinski definition) is 2. The molecule has 2 aromatic rings. The Morgan fingerprint density at radius 2 is 1.92 bits per heavy atom. The lowest BCUT2D eigenvalue weighted by molar-refractivity contribution is 0.0696. The zero-order valence-corrected chi connectivity index (χ0v) is 15.1. The first-order valence-corrected chi connectivity index (χ1v) is 9.07. The number of nitrogens with zero attached hydrogens (tertiary/aromatic N) is 1. The quantitative estimate of drug-likeness (QED) is 0.718. The molecule has 0 radical (unpaired) electrons. The lowest BCUT2D eigenvalue weighted by Crippen LogP contribution is -2.30. The zero-order chi connectivity index (χ0) is 17.5. The fourth-order valence-electron chi connectivity index (χ4n) is 2.59. The van der Waals surface area contributed by atoms with Crippen LogP contribution in [0.4, 0.5) is 0 Å². The van der Waals surface area contributed by atoms with E-state index in [9.17, 15) is 4.79 Å². The van der Waals surface area contributed by atoms with Gasteiger partial charge in [-0.2, -0.15) is 0 Å². The molecule has 0 aliphatic carbocycles. The van der Waals surface area contributed by atoms with Crippen molar-refractivity contribution in [2.45, 2.75) is 17.5 Å². The predicted octanol–water partition coefficient (Wildman–Crippen LogP) is 3.50. The first-order chi connectivity index (χ1) is 11.5. The van der Waals surface area contributed by atoms with Gasteiger partial charge in [0.25, 0.3) is 0 Å². The van der Waals surface area contributed by atoms with Gasteiger partial charge >= 0.3 is 5.97 Å². The Labute approximate surface area is 147 Å². The fraction of sp³-hybridized carbons (Fsp3) is 0.316. The van der Waals surface area contributed by atoms with E-state index in [1.54, 1.807) is 30.0 Å². The number of carboxylic acids is 1. The molecule has 1 unspecified atom stereocenters. The number of aromatic carboxylic acids is 1. The number of carbonyl (C=O) groups is 1. The summed E-state index contributed by atoms with van der Waals surface area (Å²) in [6, 6.07) is 16.0. The predicted molar refractivity (Wildman–Crippen MR) is 99.8 cm³/mol. The third-order valence-corrected chi connectivity index (χ3v) is 4.71. The standard InChI is InChI=1S/C19H24N2O2S/c1-21(2)18(15-7-9-17(24-3)10-8-15)13-20-12-14-5-4-6-16(11-14)19(22)23/h4-11,18,20H,12-13H2,1-3H3,(H,22,23). The topological polar surface area (TPSA) is 52.6 Å². The molecule has 0 fully saturated rings. The summed E-state index contributed by atoms with van der Waals surface area (Å²) in [6.45, 7) is 1.44. The van der Waals surface area contributed by atoms with E-state index in [4.69, 9.17) is 5.11 Å². The van der Waals surface area contributed by atoms with Crippen LogP contribution in [0.3, 0.4) is 0 Å². The molecule has 0 aliphatic rings. The molecule has 0 spiro atoms. The van der Waals surface area contributed by atoms with Crippen LogP contribution in [0.25, 0.3) is 0 Å². The third kappa shape index (κ3) is 5.09. The van der Waals surface area contributed by atoms with E-state index in [1.807, 2.05) is 6.07 Å². The van der Waals surface area contributed by atoms with E-state index >= 15 is 0 Å². The van der Waals surface area contributed by atoms with Crippen molar-refractivity contribution in [1.29, 1.82) is 0 Å². The Balaban J connectivity index is 1.98. The summed E-state index contributed by atoms with van der Waals surface area (Å²) in [6.07, 6.45) is 2.07. The minimum atomic E-state index is -0.892. The third-order valence-electron chi connectivity index (χ3n) is 3.96. The molecule has 2 aromatic carbocycles. The van der Waals surface area contributed by atoms with Crippen LogP contribution >= 0.6 is 11.8 Å². The summed E-state index contributed by atoms with van der Waals surface area (Å²) in [4.78, 5) is 14.5. The average Bonchev–Trinajstić information content (AvgIpc) is 2.59. The highest BCUT2D eigenvalue weighted by atomic mass is 32.2. The van der Waals surface area contributed by atoms with Crippen LogP contribution < -0.4 is 5.32 Å². The van der Waals surface area contributed by atoms with Crippen molar-refractivity contribution in [3.63, 3.8) is 0 Å². The molecule has 0 saturated heterocycles. The van der Waals surface area contributed by atoms with Gasteiger partial charge in [-0.3, -0.25) is 0 Å². The van der Waals surface area contributed by atoms with Crippen LogP contribution in [0.15, 0.2) is 53.4 Å². The van der Waals surface area contributed by atoms with Crippen molar-refractivity contribution in [2.75, 3.05) is 26.9 Å². The van der Waals surface area contributed by atoms with Crippen molar-refractivity contribution in [3.8, 4) is 0 Å². The molecule has 0 bridgehead atoms. The van der Waals surface area contributed by atoms with Crippen molar-refractivity contribution in [1.82, 2.24) is 10.2 Å². The molecule has 0 amide bonds. The number of hydrogen-bond acceptors (Lipinski definition) is 4. The number of nitrogens with one attached hydrogen (secondary N) is 1. The second-order valence-electron chi connectivity index (χ2n) is 5.89. The molecule has 1 atom stereocenters. The van der Waals surface area contributed by atoms with E-state index in [1.165, 1.54) is 10.5 Å². The molecule has 0 saturated carbocycles. The Bertz CT molecular complexity index is 671.